The van der Waals surface area contributed by atoms with Gasteiger partial charge in [-0.05, 0) is 49.9 Å². The minimum Gasteiger partial charge on any atom is -0.459 e. The molecule has 1 aliphatic rings. The van der Waals surface area contributed by atoms with E-state index in [2.05, 4.69) is 47.2 Å². The molecule has 2 aromatic rings. The van der Waals surface area contributed by atoms with Gasteiger partial charge in [-0.3, -0.25) is 0 Å². The van der Waals surface area contributed by atoms with Crippen LogP contribution in [0.5, 0.6) is 0 Å². The minimum atomic E-state index is 0.272. The maximum atomic E-state index is 6.01. The maximum Gasteiger partial charge on any atom is 0.134 e. The van der Waals surface area contributed by atoms with E-state index in [1.165, 1.54) is 37.5 Å². The van der Waals surface area contributed by atoms with Crippen molar-refractivity contribution in [1.82, 2.24) is 5.32 Å². The van der Waals surface area contributed by atoms with Crippen molar-refractivity contribution in [2.24, 2.45) is 5.92 Å². The Bertz CT molecular complexity index is 606. The molecule has 2 nitrogen and oxygen atoms in total. The minimum absolute atomic E-state index is 0.272. The van der Waals surface area contributed by atoms with Crippen LogP contribution in [0.25, 0.3) is 11.0 Å². The quantitative estimate of drug-likeness (QED) is 0.752. The first-order chi connectivity index (χ1) is 10.2. The third-order valence-corrected chi connectivity index (χ3v) is 5.31. The number of furan rings is 1. The fourth-order valence-corrected chi connectivity index (χ4v) is 3.95. The smallest absolute Gasteiger partial charge is 0.134 e. The zero-order chi connectivity index (χ0) is 14.8. The van der Waals surface area contributed by atoms with E-state index in [0.717, 1.165) is 21.7 Å². The second-order valence-corrected chi connectivity index (χ2v) is 7.19. The van der Waals surface area contributed by atoms with Crippen LogP contribution in [0.2, 0.25) is 0 Å². The van der Waals surface area contributed by atoms with Crippen LogP contribution in [0.1, 0.15) is 57.8 Å². The van der Waals surface area contributed by atoms with E-state index in [9.17, 15) is 0 Å². The highest BCUT2D eigenvalue weighted by molar-refractivity contribution is 9.10. The van der Waals surface area contributed by atoms with Crippen molar-refractivity contribution in [3.05, 3.63) is 34.5 Å². The van der Waals surface area contributed by atoms with Gasteiger partial charge in [-0.2, -0.15) is 0 Å². The average Bonchev–Trinajstić information content (AvgIpc) is 2.91. The van der Waals surface area contributed by atoms with E-state index in [4.69, 9.17) is 4.42 Å². The van der Waals surface area contributed by atoms with Crippen molar-refractivity contribution >= 4 is 26.9 Å². The largest absolute Gasteiger partial charge is 0.459 e. The lowest BCUT2D eigenvalue weighted by atomic mass is 9.82. The Morgan fingerprint density at radius 2 is 2.10 bits per heavy atom. The number of nitrogens with one attached hydrogen (secondary N) is 1. The molecule has 1 heterocycles. The third kappa shape index (κ3) is 3.35. The zero-order valence-corrected chi connectivity index (χ0v) is 14.4. The SMILES string of the molecule is CCC1CCCCC1NC(C)c1cc2cc(Br)ccc2o1. The van der Waals surface area contributed by atoms with Crippen molar-refractivity contribution in [3.63, 3.8) is 0 Å². The van der Waals surface area contributed by atoms with Crippen LogP contribution >= 0.6 is 15.9 Å². The molecule has 1 aromatic heterocycles. The highest BCUT2D eigenvalue weighted by Crippen LogP contribution is 2.31. The molecular formula is C18H24BrNO. The van der Waals surface area contributed by atoms with Crippen LogP contribution in [-0.2, 0) is 0 Å². The highest BCUT2D eigenvalue weighted by Gasteiger charge is 2.25. The van der Waals surface area contributed by atoms with E-state index in [1.807, 2.05) is 12.1 Å². The molecule has 0 saturated heterocycles. The molecule has 114 valence electrons. The summed E-state index contributed by atoms with van der Waals surface area (Å²) in [4.78, 5) is 0. The predicted molar refractivity (Wildman–Crippen MR) is 91.5 cm³/mol. The van der Waals surface area contributed by atoms with Gasteiger partial charge in [0.1, 0.15) is 11.3 Å². The number of halogens is 1. The van der Waals surface area contributed by atoms with Gasteiger partial charge in [-0.15, -0.1) is 0 Å². The summed E-state index contributed by atoms with van der Waals surface area (Å²) in [5.41, 5.74) is 0.970. The summed E-state index contributed by atoms with van der Waals surface area (Å²) in [5, 5.41) is 4.98. The van der Waals surface area contributed by atoms with Gasteiger partial charge in [0, 0.05) is 15.9 Å². The topological polar surface area (TPSA) is 25.2 Å². The summed E-state index contributed by atoms with van der Waals surface area (Å²) < 4.78 is 7.11. The fraction of sp³-hybridized carbons (Fsp3) is 0.556. The van der Waals surface area contributed by atoms with Crippen LogP contribution in [0, 0.1) is 5.92 Å². The second-order valence-electron chi connectivity index (χ2n) is 6.28. The lowest BCUT2D eigenvalue weighted by molar-refractivity contribution is 0.233. The Morgan fingerprint density at radius 3 is 2.90 bits per heavy atom. The van der Waals surface area contributed by atoms with Gasteiger partial charge in [0.25, 0.3) is 0 Å². The number of rotatable bonds is 4. The zero-order valence-electron chi connectivity index (χ0n) is 12.9. The van der Waals surface area contributed by atoms with Crippen molar-refractivity contribution in [3.8, 4) is 0 Å². The first kappa shape index (κ1) is 15.1. The van der Waals surface area contributed by atoms with Crippen LogP contribution in [0.15, 0.2) is 33.2 Å². The molecule has 0 bridgehead atoms. The van der Waals surface area contributed by atoms with Crippen molar-refractivity contribution in [2.75, 3.05) is 0 Å². The molecule has 1 aromatic carbocycles. The van der Waals surface area contributed by atoms with Gasteiger partial charge in [0.05, 0.1) is 6.04 Å². The Morgan fingerprint density at radius 1 is 1.29 bits per heavy atom. The van der Waals surface area contributed by atoms with Crippen molar-refractivity contribution in [2.45, 2.75) is 58.0 Å². The van der Waals surface area contributed by atoms with E-state index >= 15 is 0 Å². The summed E-state index contributed by atoms with van der Waals surface area (Å²) in [6.07, 6.45) is 6.69. The lowest BCUT2D eigenvalue weighted by Crippen LogP contribution is -2.39. The van der Waals surface area contributed by atoms with Crippen LogP contribution in [0.4, 0.5) is 0 Å². The molecule has 0 aliphatic heterocycles. The maximum absolute atomic E-state index is 6.01. The van der Waals surface area contributed by atoms with Gasteiger partial charge in [0.15, 0.2) is 0 Å². The van der Waals surface area contributed by atoms with Crippen molar-refractivity contribution < 1.29 is 4.42 Å². The molecule has 3 rings (SSSR count). The van der Waals surface area contributed by atoms with E-state index in [1.54, 1.807) is 0 Å². The van der Waals surface area contributed by atoms with Crippen LogP contribution in [0.3, 0.4) is 0 Å². The van der Waals surface area contributed by atoms with Gasteiger partial charge < -0.3 is 9.73 Å². The molecule has 3 heteroatoms. The molecule has 1 fully saturated rings. The second kappa shape index (κ2) is 6.53. The average molecular weight is 350 g/mol. The van der Waals surface area contributed by atoms with E-state index < -0.39 is 0 Å². The molecule has 0 spiro atoms. The standard InChI is InChI=1S/C18H24BrNO/c1-3-13-6-4-5-7-16(13)20-12(2)18-11-14-10-15(19)8-9-17(14)21-18/h8-13,16,20H,3-7H2,1-2H3. The van der Waals surface area contributed by atoms with Crippen molar-refractivity contribution in [1.29, 1.82) is 0 Å². The summed E-state index contributed by atoms with van der Waals surface area (Å²) >= 11 is 3.52. The molecule has 1 N–H and O–H groups in total. The molecule has 1 aliphatic carbocycles. The first-order valence-electron chi connectivity index (χ1n) is 8.12. The van der Waals surface area contributed by atoms with Gasteiger partial charge in [-0.1, -0.05) is 42.1 Å². The lowest BCUT2D eigenvalue weighted by Gasteiger charge is -2.33. The molecular weight excluding hydrogens is 326 g/mol. The van der Waals surface area contributed by atoms with Crippen LogP contribution in [-0.4, -0.2) is 6.04 Å². The van der Waals surface area contributed by atoms with Gasteiger partial charge in [0.2, 0.25) is 0 Å². The molecule has 0 amide bonds. The Hall–Kier alpha value is -0.800. The van der Waals surface area contributed by atoms with Crippen LogP contribution < -0.4 is 5.32 Å². The van der Waals surface area contributed by atoms with E-state index in [-0.39, 0.29) is 6.04 Å². The monoisotopic (exact) mass is 349 g/mol. The Labute approximate surface area is 135 Å². The summed E-state index contributed by atoms with van der Waals surface area (Å²) in [5.74, 6) is 1.86. The molecule has 0 radical (unpaired) electrons. The number of fused-ring (bicyclic) bond motifs is 1. The third-order valence-electron chi connectivity index (χ3n) is 4.82. The Kier molecular flexibility index (Phi) is 4.70. The Balaban J connectivity index is 1.75. The first-order valence-corrected chi connectivity index (χ1v) is 8.91. The number of hydrogen-bond donors (Lipinski definition) is 1. The summed E-state index contributed by atoms with van der Waals surface area (Å²) in [7, 11) is 0. The normalized spacial score (nSPS) is 24.3. The molecule has 21 heavy (non-hydrogen) atoms. The fourth-order valence-electron chi connectivity index (χ4n) is 3.57. The van der Waals surface area contributed by atoms with E-state index in [0.29, 0.717) is 6.04 Å². The predicted octanol–water partition coefficient (Wildman–Crippen LogP) is 5.81. The molecule has 3 atom stereocenters. The summed E-state index contributed by atoms with van der Waals surface area (Å²) in [6.45, 7) is 4.53. The highest BCUT2D eigenvalue weighted by atomic mass is 79.9. The summed E-state index contributed by atoms with van der Waals surface area (Å²) in [6, 6.07) is 9.26. The number of benzene rings is 1. The van der Waals surface area contributed by atoms with Gasteiger partial charge in [-0.25, -0.2) is 0 Å². The molecule has 1 saturated carbocycles. The number of hydrogen-bond acceptors (Lipinski definition) is 2. The molecule has 3 unspecified atom stereocenters. The van der Waals surface area contributed by atoms with Gasteiger partial charge >= 0.3 is 0 Å².